The van der Waals surface area contributed by atoms with E-state index in [1.165, 1.54) is 0 Å². The van der Waals surface area contributed by atoms with Crippen LogP contribution in [0.4, 0.5) is 0 Å². The van der Waals surface area contributed by atoms with Gasteiger partial charge in [-0.2, -0.15) is 0 Å². The first kappa shape index (κ1) is 9.40. The Labute approximate surface area is 63.0 Å². The minimum absolute atomic E-state index is 0.885. The Bertz CT molecular complexity index is 77.3. The second-order valence-corrected chi connectivity index (χ2v) is 1.99. The Kier molecular flexibility index (Phi) is 7.90. The average Bonchev–Trinajstić information content (AvgIpc) is 1.97. The van der Waals surface area contributed by atoms with E-state index in [4.69, 9.17) is 0 Å². The fourth-order valence-corrected chi connectivity index (χ4v) is 0.585. The fourth-order valence-electron chi connectivity index (χ4n) is 0.585. The van der Waals surface area contributed by atoms with Crippen molar-refractivity contribution in [2.45, 2.75) is 0 Å². The zero-order valence-electron chi connectivity index (χ0n) is 6.40. The summed E-state index contributed by atoms with van der Waals surface area (Å²) in [6, 6.07) is 0. The highest BCUT2D eigenvalue weighted by Gasteiger charge is 1.81. The lowest BCUT2D eigenvalue weighted by Crippen LogP contribution is -2.27. The van der Waals surface area contributed by atoms with Gasteiger partial charge in [0.2, 0.25) is 0 Å². The third kappa shape index (κ3) is 7.40. The first-order valence-corrected chi connectivity index (χ1v) is 3.55. The van der Waals surface area contributed by atoms with Gasteiger partial charge in [0.15, 0.2) is 0 Å². The maximum absolute atomic E-state index is 3.60. The van der Waals surface area contributed by atoms with Crippen molar-refractivity contribution in [3.05, 3.63) is 25.3 Å². The highest BCUT2D eigenvalue weighted by molar-refractivity contribution is 4.72. The third-order valence-corrected chi connectivity index (χ3v) is 1.06. The average molecular weight is 140 g/mol. The highest BCUT2D eigenvalue weighted by Crippen LogP contribution is 1.62. The highest BCUT2D eigenvalue weighted by atomic mass is 14.9. The van der Waals surface area contributed by atoms with E-state index in [0.717, 1.165) is 26.2 Å². The lowest BCUT2D eigenvalue weighted by atomic mass is 10.5. The molecule has 0 aromatic carbocycles. The molecular formula is C8H16N2. The quantitative estimate of drug-likeness (QED) is 0.398. The Hall–Kier alpha value is -0.600. The van der Waals surface area contributed by atoms with E-state index in [2.05, 4.69) is 23.8 Å². The molecule has 0 spiro atoms. The van der Waals surface area contributed by atoms with Gasteiger partial charge in [-0.15, -0.1) is 13.2 Å². The molecule has 0 aliphatic heterocycles. The van der Waals surface area contributed by atoms with Crippen LogP contribution < -0.4 is 10.6 Å². The van der Waals surface area contributed by atoms with Crippen LogP contribution >= 0.6 is 0 Å². The van der Waals surface area contributed by atoms with E-state index in [-0.39, 0.29) is 0 Å². The number of rotatable bonds is 7. The first-order chi connectivity index (χ1) is 4.91. The summed E-state index contributed by atoms with van der Waals surface area (Å²) in [6.45, 7) is 10.9. The molecule has 58 valence electrons. The van der Waals surface area contributed by atoms with Gasteiger partial charge in [-0.05, 0) is 0 Å². The molecule has 0 saturated heterocycles. The molecule has 10 heavy (non-hydrogen) atoms. The van der Waals surface area contributed by atoms with E-state index in [1.807, 2.05) is 12.2 Å². The molecule has 2 nitrogen and oxygen atoms in total. The summed E-state index contributed by atoms with van der Waals surface area (Å²) in [5.41, 5.74) is 0. The maximum atomic E-state index is 3.60. The van der Waals surface area contributed by atoms with Gasteiger partial charge in [-0.25, -0.2) is 0 Å². The van der Waals surface area contributed by atoms with Gasteiger partial charge in [-0.3, -0.25) is 0 Å². The first-order valence-electron chi connectivity index (χ1n) is 3.55. The molecule has 0 amide bonds. The van der Waals surface area contributed by atoms with Gasteiger partial charge >= 0.3 is 0 Å². The normalized spacial score (nSPS) is 9.20. The van der Waals surface area contributed by atoms with Gasteiger partial charge in [0.05, 0.1) is 0 Å². The summed E-state index contributed by atoms with van der Waals surface area (Å²) in [6.07, 6.45) is 3.71. The zero-order chi connectivity index (χ0) is 7.66. The van der Waals surface area contributed by atoms with Crippen molar-refractivity contribution in [2.24, 2.45) is 0 Å². The molecule has 0 aliphatic carbocycles. The van der Waals surface area contributed by atoms with Crippen LogP contribution in [0, 0.1) is 0 Å². The standard InChI is InChI=1S/C8H16N2/c1-3-5-9-7-8-10-6-4-2/h3-4,9-10H,1-2,5-8H2. The summed E-state index contributed by atoms with van der Waals surface area (Å²) in [5.74, 6) is 0. The summed E-state index contributed by atoms with van der Waals surface area (Å²) >= 11 is 0. The molecule has 0 aliphatic rings. The van der Waals surface area contributed by atoms with Crippen LogP contribution in [-0.2, 0) is 0 Å². The lowest BCUT2D eigenvalue weighted by Gasteiger charge is -2.00. The smallest absolute Gasteiger partial charge is 0.0132 e. The second kappa shape index (κ2) is 8.40. The minimum atomic E-state index is 0.885. The molecule has 0 unspecified atom stereocenters. The SMILES string of the molecule is C=CCNCCNCC=C. The third-order valence-electron chi connectivity index (χ3n) is 1.06. The minimum Gasteiger partial charge on any atom is -0.312 e. The Morgan fingerprint density at radius 1 is 0.900 bits per heavy atom. The van der Waals surface area contributed by atoms with Gasteiger partial charge in [0.1, 0.15) is 0 Å². The van der Waals surface area contributed by atoms with Gasteiger partial charge < -0.3 is 10.6 Å². The van der Waals surface area contributed by atoms with Crippen molar-refractivity contribution in [1.29, 1.82) is 0 Å². The molecule has 0 saturated carbocycles. The Morgan fingerprint density at radius 2 is 1.30 bits per heavy atom. The topological polar surface area (TPSA) is 24.1 Å². The van der Waals surface area contributed by atoms with Crippen LogP contribution in [0.25, 0.3) is 0 Å². The Balaban J connectivity index is 2.76. The van der Waals surface area contributed by atoms with E-state index in [1.54, 1.807) is 0 Å². The molecule has 0 rings (SSSR count). The molecule has 0 bridgehead atoms. The fraction of sp³-hybridized carbons (Fsp3) is 0.500. The molecule has 0 radical (unpaired) electrons. The van der Waals surface area contributed by atoms with Crippen LogP contribution in [0.5, 0.6) is 0 Å². The monoisotopic (exact) mass is 140 g/mol. The van der Waals surface area contributed by atoms with Crippen LogP contribution in [0.15, 0.2) is 25.3 Å². The van der Waals surface area contributed by atoms with Gasteiger partial charge in [0.25, 0.3) is 0 Å². The van der Waals surface area contributed by atoms with E-state index >= 15 is 0 Å². The van der Waals surface area contributed by atoms with E-state index < -0.39 is 0 Å². The predicted octanol–water partition coefficient (Wildman–Crippen LogP) is 0.538. The van der Waals surface area contributed by atoms with E-state index in [9.17, 15) is 0 Å². The van der Waals surface area contributed by atoms with Crippen LogP contribution in [-0.4, -0.2) is 26.2 Å². The summed E-state index contributed by atoms with van der Waals surface area (Å²) in [7, 11) is 0. The van der Waals surface area contributed by atoms with Crippen molar-refractivity contribution in [3.63, 3.8) is 0 Å². The van der Waals surface area contributed by atoms with Crippen molar-refractivity contribution in [3.8, 4) is 0 Å². The molecule has 0 heterocycles. The zero-order valence-corrected chi connectivity index (χ0v) is 6.40. The Morgan fingerprint density at radius 3 is 1.60 bits per heavy atom. The summed E-state index contributed by atoms with van der Waals surface area (Å²) in [5, 5.41) is 6.36. The van der Waals surface area contributed by atoms with Crippen LogP contribution in [0.1, 0.15) is 0 Å². The molecular weight excluding hydrogens is 124 g/mol. The second-order valence-electron chi connectivity index (χ2n) is 1.99. The molecule has 0 aromatic rings. The van der Waals surface area contributed by atoms with Crippen molar-refractivity contribution in [2.75, 3.05) is 26.2 Å². The lowest BCUT2D eigenvalue weighted by molar-refractivity contribution is 0.668. The molecule has 2 heteroatoms. The number of nitrogens with one attached hydrogen (secondary N) is 2. The largest absolute Gasteiger partial charge is 0.312 e. The van der Waals surface area contributed by atoms with Crippen molar-refractivity contribution in [1.82, 2.24) is 10.6 Å². The van der Waals surface area contributed by atoms with Crippen LogP contribution in [0.2, 0.25) is 0 Å². The molecule has 0 fully saturated rings. The van der Waals surface area contributed by atoms with Crippen LogP contribution in [0.3, 0.4) is 0 Å². The summed E-state index contributed by atoms with van der Waals surface area (Å²) < 4.78 is 0. The van der Waals surface area contributed by atoms with Gasteiger partial charge in [-0.1, -0.05) is 12.2 Å². The maximum Gasteiger partial charge on any atom is 0.0132 e. The predicted molar refractivity (Wildman–Crippen MR) is 46.1 cm³/mol. The van der Waals surface area contributed by atoms with Crippen molar-refractivity contribution < 1.29 is 0 Å². The molecule has 0 atom stereocenters. The number of hydrogen-bond donors (Lipinski definition) is 2. The molecule has 0 aromatic heterocycles. The molecule has 2 N–H and O–H groups in total. The van der Waals surface area contributed by atoms with Gasteiger partial charge in [0, 0.05) is 26.2 Å². The summed E-state index contributed by atoms with van der Waals surface area (Å²) in [4.78, 5) is 0. The van der Waals surface area contributed by atoms with Crippen molar-refractivity contribution >= 4 is 0 Å². The van der Waals surface area contributed by atoms with E-state index in [0.29, 0.717) is 0 Å². The number of hydrogen-bond acceptors (Lipinski definition) is 2.